The molecular weight excluding hydrogens is 198 g/mol. The van der Waals surface area contributed by atoms with Crippen molar-refractivity contribution in [3.63, 3.8) is 0 Å². The van der Waals surface area contributed by atoms with Crippen LogP contribution in [0, 0.1) is 17.8 Å². The van der Waals surface area contributed by atoms with Gasteiger partial charge in [0.25, 0.3) is 0 Å². The van der Waals surface area contributed by atoms with Gasteiger partial charge >= 0.3 is 0 Å². The number of likely N-dealkylation sites (tertiary alicyclic amines) is 1. The van der Waals surface area contributed by atoms with Crippen molar-refractivity contribution in [1.29, 1.82) is 0 Å². The van der Waals surface area contributed by atoms with Gasteiger partial charge < -0.3 is 4.90 Å². The smallest absolute Gasteiger partial charge is 0.225 e. The first-order valence-corrected chi connectivity index (χ1v) is 6.85. The second-order valence-corrected chi connectivity index (χ2v) is 5.60. The van der Waals surface area contributed by atoms with Gasteiger partial charge in [0.15, 0.2) is 0 Å². The SMILES string of the molecule is CCC[C@@H](C)C(=O)N1CCC(C(C)C)CC1. The fraction of sp³-hybridized carbons (Fsp3) is 0.929. The number of piperidine rings is 1. The van der Waals surface area contributed by atoms with E-state index in [4.69, 9.17) is 0 Å². The second-order valence-electron chi connectivity index (χ2n) is 5.60. The van der Waals surface area contributed by atoms with E-state index in [1.807, 2.05) is 0 Å². The normalized spacial score (nSPS) is 20.2. The molecule has 94 valence electrons. The zero-order valence-corrected chi connectivity index (χ0v) is 11.3. The number of nitrogens with zero attached hydrogens (tertiary/aromatic N) is 1. The Hall–Kier alpha value is -0.530. The van der Waals surface area contributed by atoms with Crippen LogP contribution in [0.25, 0.3) is 0 Å². The first-order chi connectivity index (χ1) is 7.56. The van der Waals surface area contributed by atoms with Crippen LogP contribution in [0.5, 0.6) is 0 Å². The molecular formula is C14H27NO. The Morgan fingerprint density at radius 1 is 1.25 bits per heavy atom. The molecule has 1 rings (SSSR count). The van der Waals surface area contributed by atoms with Crippen molar-refractivity contribution in [2.75, 3.05) is 13.1 Å². The van der Waals surface area contributed by atoms with Crippen LogP contribution in [0.2, 0.25) is 0 Å². The quantitative estimate of drug-likeness (QED) is 0.718. The lowest BCUT2D eigenvalue weighted by atomic mass is 9.86. The van der Waals surface area contributed by atoms with Crippen molar-refractivity contribution in [2.24, 2.45) is 17.8 Å². The van der Waals surface area contributed by atoms with Crippen molar-refractivity contribution < 1.29 is 4.79 Å². The number of hydrogen-bond donors (Lipinski definition) is 0. The van der Waals surface area contributed by atoms with Gasteiger partial charge in [-0.3, -0.25) is 4.79 Å². The third-order valence-corrected chi connectivity index (χ3v) is 3.94. The number of hydrogen-bond acceptors (Lipinski definition) is 1. The van der Waals surface area contributed by atoms with Crippen LogP contribution in [0.3, 0.4) is 0 Å². The largest absolute Gasteiger partial charge is 0.342 e. The van der Waals surface area contributed by atoms with Gasteiger partial charge in [0.2, 0.25) is 5.91 Å². The lowest BCUT2D eigenvalue weighted by Gasteiger charge is -2.35. The molecule has 2 heteroatoms. The monoisotopic (exact) mass is 225 g/mol. The lowest BCUT2D eigenvalue weighted by molar-refractivity contribution is -0.136. The zero-order valence-electron chi connectivity index (χ0n) is 11.3. The van der Waals surface area contributed by atoms with E-state index in [9.17, 15) is 4.79 Å². The zero-order chi connectivity index (χ0) is 12.1. The molecule has 0 spiro atoms. The summed E-state index contributed by atoms with van der Waals surface area (Å²) in [4.78, 5) is 14.2. The van der Waals surface area contributed by atoms with Crippen molar-refractivity contribution in [3.05, 3.63) is 0 Å². The molecule has 0 N–H and O–H groups in total. The minimum atomic E-state index is 0.223. The Balaban J connectivity index is 2.38. The summed E-state index contributed by atoms with van der Waals surface area (Å²) in [6.07, 6.45) is 4.53. The maximum atomic E-state index is 12.1. The third kappa shape index (κ3) is 3.50. The molecule has 1 saturated heterocycles. The van der Waals surface area contributed by atoms with Gasteiger partial charge in [-0.05, 0) is 31.1 Å². The van der Waals surface area contributed by atoms with Crippen molar-refractivity contribution in [3.8, 4) is 0 Å². The molecule has 16 heavy (non-hydrogen) atoms. The lowest BCUT2D eigenvalue weighted by Crippen LogP contribution is -2.42. The number of carbonyl (C=O) groups is 1. The second kappa shape index (κ2) is 6.27. The summed E-state index contributed by atoms with van der Waals surface area (Å²) in [5, 5.41) is 0. The molecule has 0 aromatic carbocycles. The van der Waals surface area contributed by atoms with Crippen LogP contribution in [-0.4, -0.2) is 23.9 Å². The molecule has 0 unspecified atom stereocenters. The van der Waals surface area contributed by atoms with E-state index in [1.54, 1.807) is 0 Å². The molecule has 0 aromatic heterocycles. The van der Waals surface area contributed by atoms with E-state index in [-0.39, 0.29) is 5.92 Å². The number of amides is 1. The van der Waals surface area contributed by atoms with E-state index in [0.717, 1.165) is 37.8 Å². The topological polar surface area (TPSA) is 20.3 Å². The molecule has 1 aliphatic rings. The summed E-state index contributed by atoms with van der Waals surface area (Å²) < 4.78 is 0. The maximum absolute atomic E-state index is 12.1. The minimum Gasteiger partial charge on any atom is -0.342 e. The predicted octanol–water partition coefficient (Wildman–Crippen LogP) is 3.32. The molecule has 1 fully saturated rings. The molecule has 0 radical (unpaired) electrons. The van der Waals surface area contributed by atoms with Crippen molar-refractivity contribution >= 4 is 5.91 Å². The van der Waals surface area contributed by atoms with Gasteiger partial charge in [0.05, 0.1) is 0 Å². The number of carbonyl (C=O) groups excluding carboxylic acids is 1. The summed E-state index contributed by atoms with van der Waals surface area (Å²) in [6.45, 7) is 10.8. The fourth-order valence-electron chi connectivity index (χ4n) is 2.65. The highest BCUT2D eigenvalue weighted by Gasteiger charge is 2.26. The highest BCUT2D eigenvalue weighted by Crippen LogP contribution is 2.25. The molecule has 1 aliphatic heterocycles. The Morgan fingerprint density at radius 2 is 1.81 bits per heavy atom. The standard InChI is InChI=1S/C14H27NO/c1-5-6-12(4)14(16)15-9-7-13(8-10-15)11(2)3/h11-13H,5-10H2,1-4H3/t12-/m1/s1. The molecule has 0 aliphatic carbocycles. The Morgan fingerprint density at radius 3 is 2.25 bits per heavy atom. The van der Waals surface area contributed by atoms with Crippen molar-refractivity contribution in [1.82, 2.24) is 4.90 Å². The highest BCUT2D eigenvalue weighted by atomic mass is 16.2. The van der Waals surface area contributed by atoms with Gasteiger partial charge in [-0.2, -0.15) is 0 Å². The van der Waals surface area contributed by atoms with Gasteiger partial charge in [0, 0.05) is 19.0 Å². The molecule has 0 saturated carbocycles. The minimum absolute atomic E-state index is 0.223. The van der Waals surface area contributed by atoms with Crippen LogP contribution in [-0.2, 0) is 4.79 Å². The van der Waals surface area contributed by atoms with Gasteiger partial charge in [-0.1, -0.05) is 34.1 Å². The van der Waals surface area contributed by atoms with Crippen molar-refractivity contribution in [2.45, 2.75) is 53.4 Å². The Labute approximate surface area is 100 Å². The van der Waals surface area contributed by atoms with Crippen LogP contribution in [0.15, 0.2) is 0 Å². The summed E-state index contributed by atoms with van der Waals surface area (Å²) in [5.41, 5.74) is 0. The van der Waals surface area contributed by atoms with Gasteiger partial charge in [-0.25, -0.2) is 0 Å². The van der Waals surface area contributed by atoms with Crippen LogP contribution >= 0.6 is 0 Å². The third-order valence-electron chi connectivity index (χ3n) is 3.94. The number of rotatable bonds is 4. The van der Waals surface area contributed by atoms with Gasteiger partial charge in [0.1, 0.15) is 0 Å². The predicted molar refractivity (Wildman–Crippen MR) is 68.2 cm³/mol. The molecule has 1 heterocycles. The summed E-state index contributed by atoms with van der Waals surface area (Å²) >= 11 is 0. The van der Waals surface area contributed by atoms with Gasteiger partial charge in [-0.15, -0.1) is 0 Å². The van der Waals surface area contributed by atoms with Crippen LogP contribution in [0.1, 0.15) is 53.4 Å². The van der Waals surface area contributed by atoms with E-state index in [2.05, 4.69) is 32.6 Å². The maximum Gasteiger partial charge on any atom is 0.225 e. The Kier molecular flexibility index (Phi) is 5.30. The van der Waals surface area contributed by atoms with E-state index < -0.39 is 0 Å². The summed E-state index contributed by atoms with van der Waals surface area (Å²) in [7, 11) is 0. The van der Waals surface area contributed by atoms with Crippen LogP contribution < -0.4 is 0 Å². The molecule has 1 atom stereocenters. The first kappa shape index (κ1) is 13.5. The molecule has 1 amide bonds. The summed E-state index contributed by atoms with van der Waals surface area (Å²) in [6, 6.07) is 0. The average Bonchev–Trinajstić information content (AvgIpc) is 2.28. The highest BCUT2D eigenvalue weighted by molar-refractivity contribution is 5.78. The Bertz CT molecular complexity index is 217. The molecule has 2 nitrogen and oxygen atoms in total. The molecule has 0 bridgehead atoms. The molecule has 0 aromatic rings. The van der Waals surface area contributed by atoms with E-state index >= 15 is 0 Å². The summed E-state index contributed by atoms with van der Waals surface area (Å²) in [5.74, 6) is 2.19. The van der Waals surface area contributed by atoms with Crippen LogP contribution in [0.4, 0.5) is 0 Å². The average molecular weight is 225 g/mol. The first-order valence-electron chi connectivity index (χ1n) is 6.85. The van der Waals surface area contributed by atoms with E-state index in [0.29, 0.717) is 5.91 Å². The fourth-order valence-corrected chi connectivity index (χ4v) is 2.65. The van der Waals surface area contributed by atoms with E-state index in [1.165, 1.54) is 12.8 Å².